The Bertz CT molecular complexity index is 1050. The molecule has 28 heavy (non-hydrogen) atoms. The van der Waals surface area contributed by atoms with E-state index in [1.165, 1.54) is 18.2 Å². The lowest BCUT2D eigenvalue weighted by Gasteiger charge is -2.28. The second kappa shape index (κ2) is 7.36. The largest absolute Gasteiger partial charge is 0.457 e. The second-order valence-electron chi connectivity index (χ2n) is 6.30. The molecule has 0 atom stereocenters. The highest BCUT2D eigenvalue weighted by atomic mass is 16.6. The zero-order valence-electron chi connectivity index (χ0n) is 14.7. The number of para-hydroxylation sites is 2. The number of nitrogens with zero attached hydrogens (tertiary/aromatic N) is 1. The van der Waals surface area contributed by atoms with Crippen molar-refractivity contribution < 1.29 is 14.5 Å². The van der Waals surface area contributed by atoms with Crippen LogP contribution in [-0.4, -0.2) is 10.8 Å². The van der Waals surface area contributed by atoms with E-state index in [1.54, 1.807) is 18.2 Å². The summed E-state index contributed by atoms with van der Waals surface area (Å²) in [4.78, 5) is 23.0. The second-order valence-corrected chi connectivity index (χ2v) is 6.30. The van der Waals surface area contributed by atoms with Gasteiger partial charge in [-0.3, -0.25) is 14.9 Å². The number of benzene rings is 3. The van der Waals surface area contributed by atoms with Crippen LogP contribution in [0.3, 0.4) is 0 Å². The zero-order valence-corrected chi connectivity index (χ0v) is 14.7. The topological polar surface area (TPSA) is 81.5 Å². The zero-order chi connectivity index (χ0) is 19.5. The summed E-state index contributed by atoms with van der Waals surface area (Å²) in [6.45, 7) is 0. The summed E-state index contributed by atoms with van der Waals surface area (Å²) < 4.78 is 5.92. The Labute approximate surface area is 161 Å². The van der Waals surface area contributed by atoms with Crippen LogP contribution in [0.25, 0.3) is 6.08 Å². The minimum Gasteiger partial charge on any atom is -0.457 e. The number of carbonyl (C=O) groups excluding carboxylic acids is 1. The summed E-state index contributed by atoms with van der Waals surface area (Å²) in [6.07, 6.45) is 2.93. The van der Waals surface area contributed by atoms with Crippen LogP contribution in [0.1, 0.15) is 22.7 Å². The monoisotopic (exact) mass is 372 g/mol. The van der Waals surface area contributed by atoms with E-state index in [2.05, 4.69) is 5.32 Å². The molecular formula is C22H16N2O4. The van der Waals surface area contributed by atoms with Gasteiger partial charge < -0.3 is 10.1 Å². The predicted molar refractivity (Wildman–Crippen MR) is 105 cm³/mol. The minimum atomic E-state index is -0.465. The van der Waals surface area contributed by atoms with Gasteiger partial charge in [-0.05, 0) is 23.8 Å². The first-order valence-corrected chi connectivity index (χ1v) is 8.70. The average molecular weight is 372 g/mol. The third-order valence-electron chi connectivity index (χ3n) is 4.47. The normalized spacial score (nSPS) is 12.7. The van der Waals surface area contributed by atoms with Crippen molar-refractivity contribution in [3.8, 4) is 11.5 Å². The van der Waals surface area contributed by atoms with Gasteiger partial charge in [0, 0.05) is 29.3 Å². The smallest absolute Gasteiger partial charge is 0.270 e. The minimum absolute atomic E-state index is 0.0187. The standard InChI is InChI=1S/C22H16N2O4/c25-21(13-12-15-6-5-7-16(14-15)24(26)27)23-22-17-8-1-3-10-19(17)28-20-11-4-2-9-18(20)22/h1-14,22H,(H,23,25)/b13-12+. The van der Waals surface area contributed by atoms with Crippen molar-refractivity contribution in [2.45, 2.75) is 6.04 Å². The number of non-ortho nitro benzene ring substituents is 1. The summed E-state index contributed by atoms with van der Waals surface area (Å²) in [6, 6.07) is 20.9. The van der Waals surface area contributed by atoms with Crippen molar-refractivity contribution in [2.24, 2.45) is 0 Å². The van der Waals surface area contributed by atoms with Gasteiger partial charge in [0.25, 0.3) is 5.69 Å². The number of nitro groups is 1. The fourth-order valence-corrected chi connectivity index (χ4v) is 3.17. The molecule has 0 aliphatic carbocycles. The molecule has 1 heterocycles. The highest BCUT2D eigenvalue weighted by molar-refractivity contribution is 5.92. The molecule has 3 aromatic carbocycles. The molecule has 1 amide bonds. The number of ether oxygens (including phenoxy) is 1. The molecule has 0 saturated heterocycles. The van der Waals surface area contributed by atoms with Crippen LogP contribution in [0, 0.1) is 10.1 Å². The molecule has 1 aliphatic heterocycles. The molecule has 4 rings (SSSR count). The van der Waals surface area contributed by atoms with Crippen molar-refractivity contribution in [1.29, 1.82) is 0 Å². The Morgan fingerprint density at radius 1 is 0.964 bits per heavy atom. The van der Waals surface area contributed by atoms with E-state index in [9.17, 15) is 14.9 Å². The average Bonchev–Trinajstić information content (AvgIpc) is 2.72. The maximum atomic E-state index is 12.6. The van der Waals surface area contributed by atoms with Crippen LogP contribution >= 0.6 is 0 Å². The molecule has 0 spiro atoms. The van der Waals surface area contributed by atoms with Gasteiger partial charge in [-0.15, -0.1) is 0 Å². The van der Waals surface area contributed by atoms with Gasteiger partial charge in [0.05, 0.1) is 11.0 Å². The lowest BCUT2D eigenvalue weighted by atomic mass is 9.94. The van der Waals surface area contributed by atoms with E-state index in [4.69, 9.17) is 4.74 Å². The van der Waals surface area contributed by atoms with Crippen LogP contribution in [0.15, 0.2) is 78.9 Å². The van der Waals surface area contributed by atoms with E-state index in [1.807, 2.05) is 48.5 Å². The molecular weight excluding hydrogens is 356 g/mol. The number of nitro benzene ring substituents is 1. The molecule has 0 radical (unpaired) electrons. The quantitative estimate of drug-likeness (QED) is 0.412. The molecule has 138 valence electrons. The maximum Gasteiger partial charge on any atom is 0.270 e. The highest BCUT2D eigenvalue weighted by Crippen LogP contribution is 2.42. The summed E-state index contributed by atoms with van der Waals surface area (Å²) in [5.41, 5.74) is 2.31. The molecule has 6 nitrogen and oxygen atoms in total. The Hall–Kier alpha value is -3.93. The number of amides is 1. The van der Waals surface area contributed by atoms with Crippen LogP contribution in [0.5, 0.6) is 11.5 Å². The Balaban J connectivity index is 1.58. The van der Waals surface area contributed by atoms with Crippen LogP contribution < -0.4 is 10.1 Å². The van der Waals surface area contributed by atoms with Gasteiger partial charge in [-0.25, -0.2) is 0 Å². The molecule has 0 bridgehead atoms. The van der Waals surface area contributed by atoms with Gasteiger partial charge in [-0.2, -0.15) is 0 Å². The van der Waals surface area contributed by atoms with E-state index < -0.39 is 4.92 Å². The number of fused-ring (bicyclic) bond motifs is 2. The third-order valence-corrected chi connectivity index (χ3v) is 4.47. The number of hydrogen-bond acceptors (Lipinski definition) is 4. The molecule has 0 fully saturated rings. The third kappa shape index (κ3) is 3.48. The Kier molecular flexibility index (Phi) is 4.60. The first-order chi connectivity index (χ1) is 13.6. The summed E-state index contributed by atoms with van der Waals surface area (Å²) >= 11 is 0. The van der Waals surface area contributed by atoms with E-state index in [0.717, 1.165) is 11.1 Å². The highest BCUT2D eigenvalue weighted by Gasteiger charge is 2.27. The molecule has 3 aromatic rings. The fraction of sp³-hybridized carbons (Fsp3) is 0.0455. The first kappa shape index (κ1) is 17.5. The maximum absolute atomic E-state index is 12.6. The van der Waals surface area contributed by atoms with E-state index in [-0.39, 0.29) is 17.6 Å². The lowest BCUT2D eigenvalue weighted by Crippen LogP contribution is -2.29. The molecule has 1 N–H and O–H groups in total. The fourth-order valence-electron chi connectivity index (χ4n) is 3.17. The molecule has 6 heteroatoms. The van der Waals surface area contributed by atoms with Crippen LogP contribution in [0.4, 0.5) is 5.69 Å². The number of carbonyl (C=O) groups is 1. The molecule has 0 unspecified atom stereocenters. The summed E-state index contributed by atoms with van der Waals surface area (Å²) in [5.74, 6) is 1.10. The molecule has 1 aliphatic rings. The molecule has 0 saturated carbocycles. The lowest BCUT2D eigenvalue weighted by molar-refractivity contribution is -0.384. The van der Waals surface area contributed by atoms with Gasteiger partial charge in [-0.1, -0.05) is 48.5 Å². The van der Waals surface area contributed by atoms with Crippen molar-refractivity contribution in [2.75, 3.05) is 0 Å². The van der Waals surface area contributed by atoms with Crippen LogP contribution in [-0.2, 0) is 4.79 Å². The van der Waals surface area contributed by atoms with E-state index >= 15 is 0 Å². The van der Waals surface area contributed by atoms with Gasteiger partial charge >= 0.3 is 0 Å². The number of rotatable bonds is 4. The molecule has 0 aromatic heterocycles. The van der Waals surface area contributed by atoms with Crippen molar-refractivity contribution in [1.82, 2.24) is 5.32 Å². The van der Waals surface area contributed by atoms with Crippen molar-refractivity contribution >= 4 is 17.7 Å². The Morgan fingerprint density at radius 3 is 2.25 bits per heavy atom. The number of nitrogens with one attached hydrogen (secondary N) is 1. The van der Waals surface area contributed by atoms with E-state index in [0.29, 0.717) is 17.1 Å². The predicted octanol–water partition coefficient (Wildman–Crippen LogP) is 4.62. The summed E-state index contributed by atoms with van der Waals surface area (Å²) in [5, 5.41) is 13.9. The van der Waals surface area contributed by atoms with Crippen LogP contribution in [0.2, 0.25) is 0 Å². The SMILES string of the molecule is O=C(/C=C/c1cccc([N+](=O)[O-])c1)NC1c2ccccc2Oc2ccccc21. The Morgan fingerprint density at radius 2 is 1.61 bits per heavy atom. The van der Waals surface area contributed by atoms with Gasteiger partial charge in [0.15, 0.2) is 0 Å². The van der Waals surface area contributed by atoms with Gasteiger partial charge in [0.2, 0.25) is 5.91 Å². The van der Waals surface area contributed by atoms with Crippen molar-refractivity contribution in [3.05, 3.63) is 106 Å². The van der Waals surface area contributed by atoms with Crippen molar-refractivity contribution in [3.63, 3.8) is 0 Å². The first-order valence-electron chi connectivity index (χ1n) is 8.70. The summed E-state index contributed by atoms with van der Waals surface area (Å²) in [7, 11) is 0. The van der Waals surface area contributed by atoms with Gasteiger partial charge in [0.1, 0.15) is 11.5 Å². The number of hydrogen-bond donors (Lipinski definition) is 1.